The molecule has 2 N–H and O–H groups in total. The van der Waals surface area contributed by atoms with E-state index >= 15 is 0 Å². The molecule has 1 aromatic heterocycles. The van der Waals surface area contributed by atoms with E-state index in [1.165, 1.54) is 6.26 Å². The summed E-state index contributed by atoms with van der Waals surface area (Å²) < 4.78 is 5.06. The molecule has 1 saturated heterocycles. The minimum absolute atomic E-state index is 0.117. The maximum absolute atomic E-state index is 11.5. The molecule has 0 spiro atoms. The van der Waals surface area contributed by atoms with Crippen LogP contribution in [0.15, 0.2) is 16.7 Å². The molecule has 0 aliphatic carbocycles. The first kappa shape index (κ1) is 8.31. The van der Waals surface area contributed by atoms with Gasteiger partial charge >= 0.3 is 0 Å². The Hall–Kier alpha value is -1.29. The smallest absolute Gasteiger partial charge is 0.287 e. The van der Waals surface area contributed by atoms with Crippen LogP contribution in [0.5, 0.6) is 0 Å². The average molecular weight is 180 g/mol. The average Bonchev–Trinajstić information content (AvgIpc) is 2.43. The highest BCUT2D eigenvalue weighted by atomic mass is 16.3. The number of amides is 1. The van der Waals surface area contributed by atoms with Crippen molar-refractivity contribution in [3.05, 3.63) is 23.7 Å². The molecule has 0 atom stereocenters. The van der Waals surface area contributed by atoms with E-state index in [1.54, 1.807) is 6.07 Å². The third-order valence-electron chi connectivity index (χ3n) is 2.19. The monoisotopic (exact) mass is 180 g/mol. The van der Waals surface area contributed by atoms with E-state index in [1.807, 2.05) is 6.92 Å². The molecule has 0 unspecified atom stereocenters. The van der Waals surface area contributed by atoms with Crippen molar-refractivity contribution in [1.82, 2.24) is 10.6 Å². The molecule has 1 aromatic rings. The first-order valence-corrected chi connectivity index (χ1v) is 4.33. The maximum Gasteiger partial charge on any atom is 0.287 e. The lowest BCUT2D eigenvalue weighted by Crippen LogP contribution is -2.56. The highest BCUT2D eigenvalue weighted by Crippen LogP contribution is 2.08. The first-order chi connectivity index (χ1) is 6.27. The van der Waals surface area contributed by atoms with Gasteiger partial charge in [0.05, 0.1) is 12.3 Å². The van der Waals surface area contributed by atoms with Crippen LogP contribution in [0.4, 0.5) is 0 Å². The number of furan rings is 1. The van der Waals surface area contributed by atoms with Crippen LogP contribution in [0.2, 0.25) is 0 Å². The van der Waals surface area contributed by atoms with Gasteiger partial charge in [-0.25, -0.2) is 0 Å². The van der Waals surface area contributed by atoms with E-state index in [0.717, 1.165) is 18.7 Å². The maximum atomic E-state index is 11.5. The zero-order valence-electron chi connectivity index (χ0n) is 7.46. The van der Waals surface area contributed by atoms with Crippen molar-refractivity contribution in [1.29, 1.82) is 0 Å². The molecule has 1 fully saturated rings. The van der Waals surface area contributed by atoms with Gasteiger partial charge in [0.2, 0.25) is 0 Å². The molecule has 0 saturated carbocycles. The Balaban J connectivity index is 2.00. The fraction of sp³-hybridized carbons (Fsp3) is 0.444. The summed E-state index contributed by atoms with van der Waals surface area (Å²) >= 11 is 0. The zero-order chi connectivity index (χ0) is 9.26. The SMILES string of the molecule is Cc1ccoc1C(=O)NC1CNC1. The Labute approximate surface area is 76.3 Å². The molecular weight excluding hydrogens is 168 g/mol. The number of nitrogens with one attached hydrogen (secondary N) is 2. The van der Waals surface area contributed by atoms with Gasteiger partial charge in [0.1, 0.15) is 0 Å². The van der Waals surface area contributed by atoms with Crippen molar-refractivity contribution in [2.45, 2.75) is 13.0 Å². The lowest BCUT2D eigenvalue weighted by molar-refractivity contribution is 0.0895. The predicted octanol–water partition coefficient (Wildman–Crippen LogP) is 0.290. The van der Waals surface area contributed by atoms with E-state index in [9.17, 15) is 4.79 Å². The lowest BCUT2D eigenvalue weighted by atomic mass is 10.1. The number of carbonyl (C=O) groups is 1. The number of hydrogen-bond donors (Lipinski definition) is 2. The molecule has 2 rings (SSSR count). The third-order valence-corrected chi connectivity index (χ3v) is 2.19. The normalized spacial score (nSPS) is 16.7. The minimum Gasteiger partial charge on any atom is -0.459 e. The van der Waals surface area contributed by atoms with Gasteiger partial charge < -0.3 is 15.1 Å². The fourth-order valence-corrected chi connectivity index (χ4v) is 1.25. The summed E-state index contributed by atoms with van der Waals surface area (Å²) in [6, 6.07) is 2.05. The highest BCUT2D eigenvalue weighted by Gasteiger charge is 2.21. The summed E-state index contributed by atoms with van der Waals surface area (Å²) in [6.07, 6.45) is 1.53. The van der Waals surface area contributed by atoms with Crippen molar-refractivity contribution >= 4 is 5.91 Å². The van der Waals surface area contributed by atoms with Crippen LogP contribution in [0.3, 0.4) is 0 Å². The summed E-state index contributed by atoms with van der Waals surface area (Å²) in [6.45, 7) is 3.56. The molecule has 0 aromatic carbocycles. The number of hydrogen-bond acceptors (Lipinski definition) is 3. The largest absolute Gasteiger partial charge is 0.459 e. The molecular formula is C9H12N2O2. The topological polar surface area (TPSA) is 54.3 Å². The summed E-state index contributed by atoms with van der Waals surface area (Å²) in [5, 5.41) is 5.95. The Kier molecular flexibility index (Phi) is 2.06. The van der Waals surface area contributed by atoms with Gasteiger partial charge in [0.25, 0.3) is 5.91 Å². The first-order valence-electron chi connectivity index (χ1n) is 4.33. The zero-order valence-corrected chi connectivity index (χ0v) is 7.46. The van der Waals surface area contributed by atoms with Crippen LogP contribution in [0.1, 0.15) is 16.1 Å². The standard InChI is InChI=1S/C9H12N2O2/c1-6-2-3-13-8(6)9(12)11-7-4-10-5-7/h2-3,7,10H,4-5H2,1H3,(H,11,12). The van der Waals surface area contributed by atoms with Crippen LogP contribution in [0, 0.1) is 6.92 Å². The molecule has 4 nitrogen and oxygen atoms in total. The van der Waals surface area contributed by atoms with Crippen molar-refractivity contribution in [2.75, 3.05) is 13.1 Å². The van der Waals surface area contributed by atoms with E-state index in [4.69, 9.17) is 4.42 Å². The molecule has 2 heterocycles. The van der Waals surface area contributed by atoms with E-state index in [0.29, 0.717) is 5.76 Å². The van der Waals surface area contributed by atoms with Crippen LogP contribution in [-0.2, 0) is 0 Å². The second-order valence-corrected chi connectivity index (χ2v) is 3.26. The number of carbonyl (C=O) groups excluding carboxylic acids is 1. The van der Waals surface area contributed by atoms with E-state index in [2.05, 4.69) is 10.6 Å². The van der Waals surface area contributed by atoms with Crippen LogP contribution in [0.25, 0.3) is 0 Å². The van der Waals surface area contributed by atoms with E-state index < -0.39 is 0 Å². The van der Waals surface area contributed by atoms with Gasteiger partial charge in [-0.05, 0) is 13.0 Å². The third kappa shape index (κ3) is 1.58. The van der Waals surface area contributed by atoms with Gasteiger partial charge in [-0.15, -0.1) is 0 Å². The van der Waals surface area contributed by atoms with Gasteiger partial charge in [0, 0.05) is 18.7 Å². The van der Waals surface area contributed by atoms with Crippen molar-refractivity contribution in [2.24, 2.45) is 0 Å². The molecule has 0 radical (unpaired) electrons. The Morgan fingerprint density at radius 3 is 2.92 bits per heavy atom. The van der Waals surface area contributed by atoms with Gasteiger partial charge in [-0.1, -0.05) is 0 Å². The summed E-state index contributed by atoms with van der Waals surface area (Å²) in [5.41, 5.74) is 0.879. The predicted molar refractivity (Wildman–Crippen MR) is 47.6 cm³/mol. The van der Waals surface area contributed by atoms with Crippen molar-refractivity contribution in [3.8, 4) is 0 Å². The van der Waals surface area contributed by atoms with Gasteiger partial charge in [-0.3, -0.25) is 4.79 Å². The second-order valence-electron chi connectivity index (χ2n) is 3.26. The molecule has 0 bridgehead atoms. The van der Waals surface area contributed by atoms with Crippen molar-refractivity contribution < 1.29 is 9.21 Å². The van der Waals surface area contributed by atoms with Crippen LogP contribution < -0.4 is 10.6 Å². The molecule has 1 aliphatic heterocycles. The van der Waals surface area contributed by atoms with Gasteiger partial charge in [0.15, 0.2) is 5.76 Å². The van der Waals surface area contributed by atoms with E-state index in [-0.39, 0.29) is 11.9 Å². The lowest BCUT2D eigenvalue weighted by Gasteiger charge is -2.27. The summed E-state index contributed by atoms with van der Waals surface area (Å²) in [7, 11) is 0. The highest BCUT2D eigenvalue weighted by molar-refractivity contribution is 5.93. The Morgan fingerprint density at radius 2 is 2.46 bits per heavy atom. The Morgan fingerprint density at radius 1 is 1.69 bits per heavy atom. The van der Waals surface area contributed by atoms with Crippen LogP contribution >= 0.6 is 0 Å². The molecule has 4 heteroatoms. The molecule has 70 valence electrons. The molecule has 1 amide bonds. The second kappa shape index (κ2) is 3.22. The number of aryl methyl sites for hydroxylation is 1. The van der Waals surface area contributed by atoms with Crippen LogP contribution in [-0.4, -0.2) is 25.0 Å². The number of rotatable bonds is 2. The fourth-order valence-electron chi connectivity index (χ4n) is 1.25. The Bertz CT molecular complexity index is 315. The summed E-state index contributed by atoms with van der Waals surface area (Å²) in [4.78, 5) is 11.5. The minimum atomic E-state index is -0.117. The molecule has 1 aliphatic rings. The summed E-state index contributed by atoms with van der Waals surface area (Å²) in [5.74, 6) is 0.306. The molecule has 13 heavy (non-hydrogen) atoms. The quantitative estimate of drug-likeness (QED) is 0.687. The van der Waals surface area contributed by atoms with Gasteiger partial charge in [-0.2, -0.15) is 0 Å². The van der Waals surface area contributed by atoms with Crippen molar-refractivity contribution in [3.63, 3.8) is 0 Å².